The number of hydrogen-bond acceptors (Lipinski definition) is 2. The van der Waals surface area contributed by atoms with Gasteiger partial charge in [0, 0.05) is 11.8 Å². The highest BCUT2D eigenvalue weighted by molar-refractivity contribution is 4.83. The van der Waals surface area contributed by atoms with Crippen molar-refractivity contribution in [1.82, 2.24) is 0 Å². The summed E-state index contributed by atoms with van der Waals surface area (Å²) < 4.78 is 11.3. The van der Waals surface area contributed by atoms with Crippen molar-refractivity contribution in [3.63, 3.8) is 0 Å². The Kier molecular flexibility index (Phi) is 2.26. The molecule has 0 saturated carbocycles. The van der Waals surface area contributed by atoms with Crippen molar-refractivity contribution in [3.05, 3.63) is 0 Å². The highest BCUT2D eigenvalue weighted by Gasteiger charge is 2.49. The summed E-state index contributed by atoms with van der Waals surface area (Å²) in [7, 11) is 0. The van der Waals surface area contributed by atoms with Crippen molar-refractivity contribution >= 4 is 0 Å². The first kappa shape index (κ1) is 9.01. The molecule has 0 N–H and O–H groups in total. The Bertz CT molecular complexity index is 124. The van der Waals surface area contributed by atoms with Gasteiger partial charge in [-0.1, -0.05) is 27.7 Å². The third-order valence-electron chi connectivity index (χ3n) is 2.31. The van der Waals surface area contributed by atoms with Crippen molar-refractivity contribution in [2.45, 2.75) is 46.7 Å². The quantitative estimate of drug-likeness (QED) is 0.614. The summed E-state index contributed by atoms with van der Waals surface area (Å²) in [5.41, 5.74) is 0. The van der Waals surface area contributed by atoms with E-state index in [2.05, 4.69) is 27.7 Å². The molecule has 1 aliphatic rings. The molecule has 1 rings (SSSR count). The van der Waals surface area contributed by atoms with Crippen molar-refractivity contribution < 1.29 is 9.47 Å². The van der Waals surface area contributed by atoms with Crippen LogP contribution >= 0.6 is 0 Å². The maximum Gasteiger partial charge on any atom is 0.179 e. The zero-order valence-corrected chi connectivity index (χ0v) is 8.05. The number of hydrogen-bond donors (Lipinski definition) is 0. The average molecular weight is 158 g/mol. The van der Waals surface area contributed by atoms with E-state index < -0.39 is 0 Å². The van der Waals surface area contributed by atoms with E-state index in [1.54, 1.807) is 0 Å². The molecule has 0 aromatic carbocycles. The fourth-order valence-corrected chi connectivity index (χ4v) is 1.74. The second-order valence-electron chi connectivity index (χ2n) is 3.83. The Morgan fingerprint density at radius 2 is 1.36 bits per heavy atom. The lowest BCUT2D eigenvalue weighted by Gasteiger charge is -2.51. The standard InChI is InChI=1S/C9H18O2/c1-6(2)9(7(3)4)10-8(5)11-9/h6-8H,1-5H3. The Morgan fingerprint density at radius 1 is 1.00 bits per heavy atom. The molecular formula is C9H18O2. The predicted octanol–water partition coefficient (Wildman–Crippen LogP) is 2.39. The number of rotatable bonds is 2. The lowest BCUT2D eigenvalue weighted by Crippen LogP contribution is -2.59. The first-order valence-corrected chi connectivity index (χ1v) is 4.34. The van der Waals surface area contributed by atoms with Gasteiger partial charge in [0.15, 0.2) is 12.1 Å². The molecule has 2 heteroatoms. The van der Waals surface area contributed by atoms with Crippen LogP contribution in [0.3, 0.4) is 0 Å². The molecule has 1 heterocycles. The number of ether oxygens (including phenoxy) is 2. The second kappa shape index (κ2) is 2.76. The van der Waals surface area contributed by atoms with Gasteiger partial charge in [0.25, 0.3) is 0 Å². The maximum atomic E-state index is 5.63. The lowest BCUT2D eigenvalue weighted by molar-refractivity contribution is -0.475. The van der Waals surface area contributed by atoms with Gasteiger partial charge >= 0.3 is 0 Å². The summed E-state index contributed by atoms with van der Waals surface area (Å²) in [6, 6.07) is 0. The maximum absolute atomic E-state index is 5.63. The molecule has 0 aromatic heterocycles. The lowest BCUT2D eigenvalue weighted by atomic mass is 9.90. The van der Waals surface area contributed by atoms with Gasteiger partial charge in [-0.25, -0.2) is 0 Å². The fraction of sp³-hybridized carbons (Fsp3) is 1.00. The molecule has 0 aromatic rings. The Labute approximate surface area is 68.9 Å². The largest absolute Gasteiger partial charge is 0.321 e. The summed E-state index contributed by atoms with van der Waals surface area (Å²) in [6.07, 6.45) is -0.0141. The summed E-state index contributed by atoms with van der Waals surface area (Å²) in [6.45, 7) is 10.5. The SMILES string of the molecule is CC1OC(C(C)C)(C(C)C)O1. The van der Waals surface area contributed by atoms with E-state index in [9.17, 15) is 0 Å². The zero-order chi connectivity index (χ0) is 8.65. The van der Waals surface area contributed by atoms with E-state index >= 15 is 0 Å². The van der Waals surface area contributed by atoms with Crippen LogP contribution in [0.5, 0.6) is 0 Å². The first-order chi connectivity index (χ1) is 4.99. The molecule has 0 aliphatic carbocycles. The van der Waals surface area contributed by atoms with Crippen LogP contribution in [0.1, 0.15) is 34.6 Å². The third kappa shape index (κ3) is 1.30. The van der Waals surface area contributed by atoms with Crippen LogP contribution in [0, 0.1) is 11.8 Å². The minimum atomic E-state index is -0.306. The van der Waals surface area contributed by atoms with E-state index in [1.807, 2.05) is 6.92 Å². The minimum Gasteiger partial charge on any atom is -0.321 e. The van der Waals surface area contributed by atoms with Crippen molar-refractivity contribution in [2.24, 2.45) is 11.8 Å². The highest BCUT2D eigenvalue weighted by Crippen LogP contribution is 2.41. The topological polar surface area (TPSA) is 18.5 Å². The summed E-state index contributed by atoms with van der Waals surface area (Å²) in [5, 5.41) is 0. The molecule has 1 saturated heterocycles. The smallest absolute Gasteiger partial charge is 0.179 e. The third-order valence-corrected chi connectivity index (χ3v) is 2.31. The fourth-order valence-electron chi connectivity index (χ4n) is 1.74. The second-order valence-corrected chi connectivity index (χ2v) is 3.83. The van der Waals surface area contributed by atoms with Crippen LogP contribution in [0.4, 0.5) is 0 Å². The van der Waals surface area contributed by atoms with E-state index in [4.69, 9.17) is 9.47 Å². The Morgan fingerprint density at radius 3 is 1.45 bits per heavy atom. The molecule has 0 spiro atoms. The molecule has 0 unspecified atom stereocenters. The summed E-state index contributed by atoms with van der Waals surface area (Å²) in [5.74, 6) is 0.553. The van der Waals surface area contributed by atoms with Gasteiger partial charge < -0.3 is 9.47 Å². The molecule has 0 radical (unpaired) electrons. The van der Waals surface area contributed by atoms with Crippen LogP contribution < -0.4 is 0 Å². The van der Waals surface area contributed by atoms with Crippen molar-refractivity contribution in [3.8, 4) is 0 Å². The normalized spacial score (nSPS) is 24.3. The molecule has 66 valence electrons. The van der Waals surface area contributed by atoms with E-state index in [1.165, 1.54) is 0 Å². The van der Waals surface area contributed by atoms with Crippen LogP contribution in [-0.4, -0.2) is 12.1 Å². The molecular weight excluding hydrogens is 140 g/mol. The van der Waals surface area contributed by atoms with E-state index in [0.29, 0.717) is 11.8 Å². The summed E-state index contributed by atoms with van der Waals surface area (Å²) in [4.78, 5) is 0. The first-order valence-electron chi connectivity index (χ1n) is 4.34. The van der Waals surface area contributed by atoms with Gasteiger partial charge in [0.2, 0.25) is 0 Å². The highest BCUT2D eigenvalue weighted by atomic mass is 16.9. The Hall–Kier alpha value is -0.0800. The molecule has 0 amide bonds. The molecule has 0 atom stereocenters. The van der Waals surface area contributed by atoms with Crippen molar-refractivity contribution in [1.29, 1.82) is 0 Å². The van der Waals surface area contributed by atoms with Gasteiger partial charge in [0.05, 0.1) is 0 Å². The van der Waals surface area contributed by atoms with Crippen LogP contribution in [0.2, 0.25) is 0 Å². The van der Waals surface area contributed by atoms with Crippen LogP contribution in [0.25, 0.3) is 0 Å². The van der Waals surface area contributed by atoms with Gasteiger partial charge in [-0.15, -0.1) is 0 Å². The Balaban J connectivity index is 2.61. The monoisotopic (exact) mass is 158 g/mol. The van der Waals surface area contributed by atoms with Gasteiger partial charge in [0.1, 0.15) is 0 Å². The van der Waals surface area contributed by atoms with Gasteiger partial charge in [-0.05, 0) is 6.92 Å². The average Bonchev–Trinajstić information content (AvgIpc) is 1.78. The molecule has 11 heavy (non-hydrogen) atoms. The molecule has 1 aliphatic heterocycles. The molecule has 0 bridgehead atoms. The van der Waals surface area contributed by atoms with Crippen LogP contribution in [0.15, 0.2) is 0 Å². The zero-order valence-electron chi connectivity index (χ0n) is 8.05. The van der Waals surface area contributed by atoms with E-state index in [0.717, 1.165) is 0 Å². The van der Waals surface area contributed by atoms with Crippen molar-refractivity contribution in [2.75, 3.05) is 0 Å². The van der Waals surface area contributed by atoms with Gasteiger partial charge in [-0.2, -0.15) is 0 Å². The molecule has 1 fully saturated rings. The van der Waals surface area contributed by atoms with E-state index in [-0.39, 0.29) is 12.1 Å². The minimum absolute atomic E-state index is 0.0141. The molecule has 2 nitrogen and oxygen atoms in total. The van der Waals surface area contributed by atoms with Crippen LogP contribution in [-0.2, 0) is 9.47 Å². The predicted molar refractivity (Wildman–Crippen MR) is 44.0 cm³/mol. The summed E-state index contributed by atoms with van der Waals surface area (Å²) >= 11 is 0. The van der Waals surface area contributed by atoms with Gasteiger partial charge in [-0.3, -0.25) is 0 Å².